The van der Waals surface area contributed by atoms with Crippen LogP contribution in [0.15, 0.2) is 0 Å². The van der Waals surface area contributed by atoms with E-state index in [1.54, 1.807) is 13.8 Å². The third-order valence-corrected chi connectivity index (χ3v) is 1.08. The van der Waals surface area contributed by atoms with Crippen LogP contribution in [0.25, 0.3) is 0 Å². The standard InChI is InChI=1S/C5H14N2.C3H8O/c1-4-5(6)7(2)3;1-3(2)4/h5H,4,6H2,1-3H3;3-4H,1-2H3. The van der Waals surface area contributed by atoms with E-state index in [-0.39, 0.29) is 12.3 Å². The summed E-state index contributed by atoms with van der Waals surface area (Å²) in [5.41, 5.74) is 5.54. The summed E-state index contributed by atoms with van der Waals surface area (Å²) in [6.45, 7) is 5.52. The van der Waals surface area contributed by atoms with E-state index in [9.17, 15) is 0 Å². The molecule has 0 radical (unpaired) electrons. The molecule has 0 heterocycles. The molecule has 0 saturated carbocycles. The highest BCUT2D eigenvalue weighted by Crippen LogP contribution is 1.86. The summed E-state index contributed by atoms with van der Waals surface area (Å²) in [5, 5.41) is 8.06. The molecule has 0 aliphatic carbocycles. The highest BCUT2D eigenvalue weighted by molar-refractivity contribution is 4.51. The van der Waals surface area contributed by atoms with Crippen molar-refractivity contribution in [1.82, 2.24) is 4.90 Å². The summed E-state index contributed by atoms with van der Waals surface area (Å²) in [6, 6.07) is 0. The van der Waals surface area contributed by atoms with Gasteiger partial charge in [0.25, 0.3) is 0 Å². The van der Waals surface area contributed by atoms with Crippen LogP contribution < -0.4 is 5.73 Å². The molecule has 0 spiro atoms. The molecule has 11 heavy (non-hydrogen) atoms. The van der Waals surface area contributed by atoms with Gasteiger partial charge >= 0.3 is 0 Å². The summed E-state index contributed by atoms with van der Waals surface area (Å²) in [5.74, 6) is 0. The fourth-order valence-electron chi connectivity index (χ4n) is 0.365. The predicted octanol–water partition coefficient (Wildman–Crippen LogP) is 0.630. The van der Waals surface area contributed by atoms with Crippen LogP contribution in [0.4, 0.5) is 0 Å². The van der Waals surface area contributed by atoms with Gasteiger partial charge < -0.3 is 10.8 Å². The number of aliphatic hydroxyl groups is 1. The SMILES string of the molecule is CC(C)O.CCC(N)N(C)C. The maximum Gasteiger partial charge on any atom is 0.0563 e. The van der Waals surface area contributed by atoms with Crippen molar-refractivity contribution in [2.24, 2.45) is 5.73 Å². The first-order valence-electron chi connectivity index (χ1n) is 4.01. The molecular formula is C8H22N2O. The lowest BCUT2D eigenvalue weighted by Crippen LogP contribution is -2.35. The molecule has 0 amide bonds. The minimum Gasteiger partial charge on any atom is -0.394 e. The van der Waals surface area contributed by atoms with Crippen molar-refractivity contribution < 1.29 is 5.11 Å². The average Bonchev–Trinajstić information content (AvgIpc) is 1.85. The normalized spacial score (nSPS) is 12.8. The lowest BCUT2D eigenvalue weighted by Gasteiger charge is -2.16. The van der Waals surface area contributed by atoms with E-state index in [0.29, 0.717) is 0 Å². The minimum absolute atomic E-state index is 0.167. The molecule has 0 aromatic carbocycles. The second-order valence-electron chi connectivity index (χ2n) is 3.03. The van der Waals surface area contributed by atoms with Gasteiger partial charge in [-0.1, -0.05) is 6.92 Å². The van der Waals surface area contributed by atoms with Crippen LogP contribution in [0.3, 0.4) is 0 Å². The Bertz CT molecular complexity index is 71.7. The Morgan fingerprint density at radius 2 is 1.64 bits per heavy atom. The van der Waals surface area contributed by atoms with Gasteiger partial charge in [0.15, 0.2) is 0 Å². The van der Waals surface area contributed by atoms with Gasteiger partial charge in [0, 0.05) is 6.10 Å². The number of hydrogen-bond donors (Lipinski definition) is 2. The van der Waals surface area contributed by atoms with Crippen LogP contribution >= 0.6 is 0 Å². The molecule has 3 heteroatoms. The van der Waals surface area contributed by atoms with E-state index < -0.39 is 0 Å². The maximum atomic E-state index is 8.06. The second-order valence-corrected chi connectivity index (χ2v) is 3.03. The first kappa shape index (κ1) is 13.5. The van der Waals surface area contributed by atoms with E-state index in [1.165, 1.54) is 0 Å². The Kier molecular flexibility index (Phi) is 9.77. The van der Waals surface area contributed by atoms with Gasteiger partial charge in [-0.2, -0.15) is 0 Å². The summed E-state index contributed by atoms with van der Waals surface area (Å²) in [4.78, 5) is 2.00. The highest BCUT2D eigenvalue weighted by Gasteiger charge is 1.97. The fraction of sp³-hybridized carbons (Fsp3) is 1.00. The third kappa shape index (κ3) is 17.7. The largest absolute Gasteiger partial charge is 0.394 e. The average molecular weight is 162 g/mol. The number of aliphatic hydroxyl groups excluding tert-OH is 1. The van der Waals surface area contributed by atoms with Gasteiger partial charge in [-0.05, 0) is 34.4 Å². The van der Waals surface area contributed by atoms with Gasteiger partial charge in [-0.3, -0.25) is 4.90 Å². The molecule has 3 N–H and O–H groups in total. The van der Waals surface area contributed by atoms with E-state index in [0.717, 1.165) is 6.42 Å². The fourth-order valence-corrected chi connectivity index (χ4v) is 0.365. The summed E-state index contributed by atoms with van der Waals surface area (Å²) < 4.78 is 0. The highest BCUT2D eigenvalue weighted by atomic mass is 16.3. The molecular weight excluding hydrogens is 140 g/mol. The van der Waals surface area contributed by atoms with Crippen LogP contribution in [0, 0.1) is 0 Å². The molecule has 3 nitrogen and oxygen atoms in total. The van der Waals surface area contributed by atoms with E-state index >= 15 is 0 Å². The second kappa shape index (κ2) is 7.98. The molecule has 1 unspecified atom stereocenters. The molecule has 70 valence electrons. The first-order chi connectivity index (χ1) is 4.91. The first-order valence-corrected chi connectivity index (χ1v) is 4.01. The van der Waals surface area contributed by atoms with E-state index in [1.807, 2.05) is 19.0 Å². The van der Waals surface area contributed by atoms with E-state index in [4.69, 9.17) is 10.8 Å². The van der Waals surface area contributed by atoms with Crippen molar-refractivity contribution in [3.63, 3.8) is 0 Å². The van der Waals surface area contributed by atoms with Crippen molar-refractivity contribution in [3.8, 4) is 0 Å². The van der Waals surface area contributed by atoms with Crippen LogP contribution in [-0.4, -0.2) is 36.4 Å². The molecule has 0 fully saturated rings. The van der Waals surface area contributed by atoms with E-state index in [2.05, 4.69) is 6.92 Å². The zero-order valence-electron chi connectivity index (χ0n) is 8.33. The Balaban J connectivity index is 0. The molecule has 0 saturated heterocycles. The molecule has 0 bridgehead atoms. The molecule has 0 aliphatic rings. The lowest BCUT2D eigenvalue weighted by molar-refractivity contribution is 0.216. The van der Waals surface area contributed by atoms with Crippen LogP contribution in [0.1, 0.15) is 27.2 Å². The lowest BCUT2D eigenvalue weighted by atomic mass is 10.4. The predicted molar refractivity (Wildman–Crippen MR) is 49.3 cm³/mol. The number of rotatable bonds is 2. The van der Waals surface area contributed by atoms with Crippen molar-refractivity contribution >= 4 is 0 Å². The van der Waals surface area contributed by atoms with Crippen LogP contribution in [0.5, 0.6) is 0 Å². The molecule has 0 aromatic heterocycles. The Morgan fingerprint density at radius 1 is 1.36 bits per heavy atom. The number of hydrogen-bond acceptors (Lipinski definition) is 3. The Labute approximate surface area is 70.2 Å². The summed E-state index contributed by atoms with van der Waals surface area (Å²) >= 11 is 0. The van der Waals surface area contributed by atoms with Gasteiger partial charge in [0.1, 0.15) is 0 Å². The van der Waals surface area contributed by atoms with Gasteiger partial charge in [0.05, 0.1) is 6.17 Å². The topological polar surface area (TPSA) is 49.5 Å². The number of nitrogens with two attached hydrogens (primary N) is 1. The number of nitrogens with zero attached hydrogens (tertiary/aromatic N) is 1. The van der Waals surface area contributed by atoms with Crippen molar-refractivity contribution in [2.75, 3.05) is 14.1 Å². The van der Waals surface area contributed by atoms with Crippen molar-refractivity contribution in [1.29, 1.82) is 0 Å². The van der Waals surface area contributed by atoms with Crippen LogP contribution in [-0.2, 0) is 0 Å². The van der Waals surface area contributed by atoms with Crippen LogP contribution in [0.2, 0.25) is 0 Å². The molecule has 0 aliphatic heterocycles. The monoisotopic (exact) mass is 162 g/mol. The Morgan fingerprint density at radius 3 is 1.64 bits per heavy atom. The van der Waals surface area contributed by atoms with Crippen molar-refractivity contribution in [3.05, 3.63) is 0 Å². The smallest absolute Gasteiger partial charge is 0.0563 e. The van der Waals surface area contributed by atoms with Crippen molar-refractivity contribution in [2.45, 2.75) is 39.5 Å². The zero-order chi connectivity index (χ0) is 9.44. The zero-order valence-corrected chi connectivity index (χ0v) is 8.33. The molecule has 0 rings (SSSR count). The minimum atomic E-state index is -0.167. The van der Waals surface area contributed by atoms with Gasteiger partial charge in [-0.25, -0.2) is 0 Å². The Hall–Kier alpha value is -0.120. The summed E-state index contributed by atoms with van der Waals surface area (Å²) in [7, 11) is 3.96. The maximum absolute atomic E-state index is 8.06. The summed E-state index contributed by atoms with van der Waals surface area (Å²) in [6.07, 6.45) is 1.09. The van der Waals surface area contributed by atoms with Gasteiger partial charge in [-0.15, -0.1) is 0 Å². The molecule has 0 aromatic rings. The quantitative estimate of drug-likeness (QED) is 0.586. The molecule has 1 atom stereocenters. The van der Waals surface area contributed by atoms with Gasteiger partial charge in [0.2, 0.25) is 0 Å². The third-order valence-electron chi connectivity index (χ3n) is 1.08.